The van der Waals surface area contributed by atoms with Crippen LogP contribution in [0.1, 0.15) is 26.7 Å². The Bertz CT molecular complexity index is 207. The molecule has 15 heavy (non-hydrogen) atoms. The van der Waals surface area contributed by atoms with Crippen LogP contribution in [0.2, 0.25) is 0 Å². The largest absolute Gasteiger partial charge is 0.309 e. The molecular formula is C11H20F2N2. The lowest BCUT2D eigenvalue weighted by Gasteiger charge is -2.47. The highest BCUT2D eigenvalue weighted by Gasteiger charge is 2.40. The molecule has 2 rings (SSSR count). The van der Waals surface area contributed by atoms with Gasteiger partial charge in [0.2, 0.25) is 6.43 Å². The van der Waals surface area contributed by atoms with Crippen LogP contribution >= 0.6 is 0 Å². The van der Waals surface area contributed by atoms with Crippen molar-refractivity contribution in [2.45, 2.75) is 51.2 Å². The minimum atomic E-state index is -2.11. The van der Waals surface area contributed by atoms with Crippen LogP contribution in [0.15, 0.2) is 0 Å². The van der Waals surface area contributed by atoms with Crippen molar-refractivity contribution in [1.29, 1.82) is 0 Å². The number of nitrogens with zero attached hydrogens (tertiary/aromatic N) is 1. The molecule has 2 nitrogen and oxygen atoms in total. The summed E-state index contributed by atoms with van der Waals surface area (Å²) in [4.78, 5) is 2.38. The monoisotopic (exact) mass is 218 g/mol. The van der Waals surface area contributed by atoms with Gasteiger partial charge >= 0.3 is 0 Å². The summed E-state index contributed by atoms with van der Waals surface area (Å²) in [5, 5.41) is 3.46. The van der Waals surface area contributed by atoms with Crippen molar-refractivity contribution in [2.75, 3.05) is 13.1 Å². The first kappa shape index (κ1) is 11.3. The van der Waals surface area contributed by atoms with Crippen molar-refractivity contribution in [3.05, 3.63) is 0 Å². The van der Waals surface area contributed by atoms with E-state index in [2.05, 4.69) is 24.1 Å². The van der Waals surface area contributed by atoms with Crippen molar-refractivity contribution in [2.24, 2.45) is 5.92 Å². The predicted octanol–water partition coefficient (Wildman–Crippen LogP) is 1.71. The minimum Gasteiger partial charge on any atom is -0.309 e. The van der Waals surface area contributed by atoms with Gasteiger partial charge in [0.05, 0.1) is 0 Å². The Morgan fingerprint density at radius 1 is 1.13 bits per heavy atom. The highest BCUT2D eigenvalue weighted by Crippen LogP contribution is 2.36. The van der Waals surface area contributed by atoms with Crippen LogP contribution in [0, 0.1) is 5.92 Å². The summed E-state index contributed by atoms with van der Waals surface area (Å²) in [5.41, 5.74) is 0. The molecule has 2 atom stereocenters. The molecule has 0 aromatic carbocycles. The van der Waals surface area contributed by atoms with E-state index < -0.39 is 6.43 Å². The Kier molecular flexibility index (Phi) is 3.26. The fourth-order valence-corrected chi connectivity index (χ4v) is 2.80. The van der Waals surface area contributed by atoms with Crippen molar-refractivity contribution >= 4 is 0 Å². The topological polar surface area (TPSA) is 15.3 Å². The van der Waals surface area contributed by atoms with Gasteiger partial charge in [-0.3, -0.25) is 4.90 Å². The van der Waals surface area contributed by atoms with E-state index in [4.69, 9.17) is 0 Å². The molecule has 0 aromatic rings. The fraction of sp³-hybridized carbons (Fsp3) is 1.00. The maximum atomic E-state index is 12.3. The second kappa shape index (κ2) is 4.34. The zero-order valence-corrected chi connectivity index (χ0v) is 9.42. The summed E-state index contributed by atoms with van der Waals surface area (Å²) in [6.45, 7) is 6.33. The number of piperazine rings is 1. The molecule has 0 amide bonds. The van der Waals surface area contributed by atoms with Crippen molar-refractivity contribution in [3.8, 4) is 0 Å². The van der Waals surface area contributed by atoms with E-state index in [1.54, 1.807) is 0 Å². The normalized spacial score (nSPS) is 43.0. The van der Waals surface area contributed by atoms with Gasteiger partial charge in [0.25, 0.3) is 0 Å². The average Bonchev–Trinajstić information content (AvgIpc) is 1.97. The van der Waals surface area contributed by atoms with Crippen LogP contribution in [0.3, 0.4) is 0 Å². The number of nitrogens with one attached hydrogen (secondary N) is 1. The second-order valence-electron chi connectivity index (χ2n) is 5.14. The average molecular weight is 218 g/mol. The van der Waals surface area contributed by atoms with Gasteiger partial charge in [-0.25, -0.2) is 8.78 Å². The van der Waals surface area contributed by atoms with Gasteiger partial charge in [-0.15, -0.1) is 0 Å². The standard InChI is InChI=1S/C11H20F2N2/c1-7-5-15(6-8(2)14-7)10-3-9(4-10)11(12)13/h7-11,14H,3-6H2,1-2H3/t7-,8-,9?,10?/m0/s1. The van der Waals surface area contributed by atoms with Crippen LogP contribution in [0.25, 0.3) is 0 Å². The van der Waals surface area contributed by atoms with E-state index in [-0.39, 0.29) is 5.92 Å². The first-order chi connectivity index (χ1) is 7.06. The molecule has 0 bridgehead atoms. The predicted molar refractivity (Wildman–Crippen MR) is 56.1 cm³/mol. The molecule has 0 aromatic heterocycles. The molecule has 2 aliphatic rings. The van der Waals surface area contributed by atoms with E-state index in [1.807, 2.05) is 0 Å². The third kappa shape index (κ3) is 2.48. The Labute approximate surface area is 90.0 Å². The molecule has 1 saturated heterocycles. The third-order valence-corrected chi connectivity index (χ3v) is 3.61. The summed E-state index contributed by atoms with van der Waals surface area (Å²) in [5.74, 6) is -0.338. The highest BCUT2D eigenvalue weighted by molar-refractivity contribution is 4.93. The quantitative estimate of drug-likeness (QED) is 0.759. The number of hydrogen-bond donors (Lipinski definition) is 1. The van der Waals surface area contributed by atoms with E-state index in [0.29, 0.717) is 31.0 Å². The fourth-order valence-electron chi connectivity index (χ4n) is 2.80. The molecule has 2 fully saturated rings. The number of halogens is 2. The minimum absolute atomic E-state index is 0.338. The van der Waals surface area contributed by atoms with Crippen LogP contribution in [0.4, 0.5) is 8.78 Å². The molecule has 1 heterocycles. The smallest absolute Gasteiger partial charge is 0.241 e. The number of alkyl halides is 2. The lowest BCUT2D eigenvalue weighted by molar-refractivity contribution is -0.0332. The van der Waals surface area contributed by atoms with Gasteiger partial charge in [-0.1, -0.05) is 0 Å². The SMILES string of the molecule is C[C@H]1CN(C2CC(C(F)F)C2)C[C@H](C)N1. The van der Waals surface area contributed by atoms with Gasteiger partial charge in [-0.2, -0.15) is 0 Å². The molecule has 1 aliphatic carbocycles. The molecule has 1 aliphatic heterocycles. The molecule has 0 spiro atoms. The van der Waals surface area contributed by atoms with Gasteiger partial charge < -0.3 is 5.32 Å². The van der Waals surface area contributed by atoms with Gasteiger partial charge in [-0.05, 0) is 26.7 Å². The molecule has 1 N–H and O–H groups in total. The second-order valence-corrected chi connectivity index (χ2v) is 5.14. The number of rotatable bonds is 2. The lowest BCUT2D eigenvalue weighted by Crippen LogP contribution is -2.59. The molecule has 88 valence electrons. The van der Waals surface area contributed by atoms with E-state index >= 15 is 0 Å². The van der Waals surface area contributed by atoms with Crippen LogP contribution in [-0.2, 0) is 0 Å². The van der Waals surface area contributed by atoms with Gasteiger partial charge in [0, 0.05) is 37.1 Å². The Balaban J connectivity index is 1.80. The van der Waals surface area contributed by atoms with Crippen LogP contribution in [-0.4, -0.2) is 42.5 Å². The zero-order chi connectivity index (χ0) is 11.0. The summed E-state index contributed by atoms with van der Waals surface area (Å²) < 4.78 is 24.7. The molecule has 0 unspecified atom stereocenters. The number of hydrogen-bond acceptors (Lipinski definition) is 2. The highest BCUT2D eigenvalue weighted by atomic mass is 19.3. The van der Waals surface area contributed by atoms with E-state index in [9.17, 15) is 8.78 Å². The van der Waals surface area contributed by atoms with E-state index in [0.717, 1.165) is 13.1 Å². The van der Waals surface area contributed by atoms with Crippen molar-refractivity contribution in [3.63, 3.8) is 0 Å². The van der Waals surface area contributed by atoms with Crippen LogP contribution in [0.5, 0.6) is 0 Å². The lowest BCUT2D eigenvalue weighted by atomic mass is 9.79. The Hall–Kier alpha value is -0.220. The molecule has 1 saturated carbocycles. The Morgan fingerprint density at radius 2 is 1.67 bits per heavy atom. The molecule has 0 radical (unpaired) electrons. The third-order valence-electron chi connectivity index (χ3n) is 3.61. The first-order valence-corrected chi connectivity index (χ1v) is 5.84. The first-order valence-electron chi connectivity index (χ1n) is 5.84. The van der Waals surface area contributed by atoms with Crippen molar-refractivity contribution in [1.82, 2.24) is 10.2 Å². The van der Waals surface area contributed by atoms with E-state index in [1.165, 1.54) is 0 Å². The zero-order valence-electron chi connectivity index (χ0n) is 9.42. The summed E-state index contributed by atoms with van der Waals surface area (Å²) >= 11 is 0. The summed E-state index contributed by atoms with van der Waals surface area (Å²) in [6, 6.07) is 1.38. The van der Waals surface area contributed by atoms with Crippen LogP contribution < -0.4 is 5.32 Å². The van der Waals surface area contributed by atoms with Crippen molar-refractivity contribution < 1.29 is 8.78 Å². The molecule has 4 heteroatoms. The Morgan fingerprint density at radius 3 is 2.13 bits per heavy atom. The maximum Gasteiger partial charge on any atom is 0.241 e. The van der Waals surface area contributed by atoms with Gasteiger partial charge in [0.1, 0.15) is 0 Å². The summed E-state index contributed by atoms with van der Waals surface area (Å²) in [7, 11) is 0. The maximum absolute atomic E-state index is 12.3. The summed E-state index contributed by atoms with van der Waals surface area (Å²) in [6.07, 6.45) is -0.729. The molecular weight excluding hydrogens is 198 g/mol. The van der Waals surface area contributed by atoms with Gasteiger partial charge in [0.15, 0.2) is 0 Å².